The minimum atomic E-state index is -0.0128. The third kappa shape index (κ3) is 2.11. The summed E-state index contributed by atoms with van der Waals surface area (Å²) >= 11 is 1.45. The summed E-state index contributed by atoms with van der Waals surface area (Å²) in [4.78, 5) is 11.6. The van der Waals surface area contributed by atoms with Gasteiger partial charge in [0.2, 0.25) is 5.13 Å². The molecule has 84 valence electrons. The topological polar surface area (TPSA) is 59.8 Å². The van der Waals surface area contributed by atoms with Crippen LogP contribution >= 0.6 is 11.3 Å². The van der Waals surface area contributed by atoms with Gasteiger partial charge in [0, 0.05) is 18.8 Å². The Bertz CT molecular complexity index is 546. The molecule has 2 aromatic rings. The van der Waals surface area contributed by atoms with E-state index >= 15 is 0 Å². The summed E-state index contributed by atoms with van der Waals surface area (Å²) in [7, 11) is 1.80. The van der Waals surface area contributed by atoms with Gasteiger partial charge in [-0.3, -0.25) is 4.79 Å². The van der Waals surface area contributed by atoms with E-state index in [1.165, 1.54) is 11.3 Å². The Morgan fingerprint density at radius 2 is 2.25 bits per heavy atom. The van der Waals surface area contributed by atoms with Crippen molar-refractivity contribution in [3.05, 3.63) is 39.3 Å². The number of nitrogens with zero attached hydrogens (tertiary/aromatic N) is 3. The Morgan fingerprint density at radius 1 is 1.44 bits per heavy atom. The molecule has 0 aliphatic heterocycles. The van der Waals surface area contributed by atoms with Crippen molar-refractivity contribution in [2.75, 3.05) is 12.4 Å². The van der Waals surface area contributed by atoms with Gasteiger partial charge in [0.05, 0.1) is 6.54 Å². The largest absolute Gasteiger partial charge is 0.363 e. The predicted octanol–water partition coefficient (Wildman–Crippen LogP) is 1.10. The minimum Gasteiger partial charge on any atom is -0.363 e. The molecule has 0 spiro atoms. The van der Waals surface area contributed by atoms with Crippen LogP contribution in [0.4, 0.5) is 5.13 Å². The summed E-state index contributed by atoms with van der Waals surface area (Å²) < 4.78 is 1.68. The number of hydrogen-bond acceptors (Lipinski definition) is 5. The second-order valence-corrected chi connectivity index (χ2v) is 4.40. The van der Waals surface area contributed by atoms with Gasteiger partial charge in [0.15, 0.2) is 0 Å². The fourth-order valence-corrected chi connectivity index (χ4v) is 2.06. The Labute approximate surface area is 96.8 Å². The van der Waals surface area contributed by atoms with E-state index < -0.39 is 0 Å². The Balaban J connectivity index is 2.30. The van der Waals surface area contributed by atoms with Crippen molar-refractivity contribution in [2.24, 2.45) is 0 Å². The zero-order valence-electron chi connectivity index (χ0n) is 9.10. The molecule has 0 fully saturated rings. The van der Waals surface area contributed by atoms with E-state index in [0.717, 1.165) is 15.8 Å². The van der Waals surface area contributed by atoms with Gasteiger partial charge in [-0.1, -0.05) is 17.4 Å². The van der Waals surface area contributed by atoms with Gasteiger partial charge in [-0.05, 0) is 13.0 Å². The highest BCUT2D eigenvalue weighted by atomic mass is 32.1. The lowest BCUT2D eigenvalue weighted by molar-refractivity contribution is 0.717. The molecule has 0 bridgehead atoms. The number of pyridine rings is 1. The molecule has 1 N–H and O–H groups in total. The number of aromatic nitrogens is 3. The highest BCUT2D eigenvalue weighted by Crippen LogP contribution is 2.15. The first-order valence-electron chi connectivity index (χ1n) is 4.87. The average molecular weight is 236 g/mol. The molecule has 2 rings (SSSR count). The number of anilines is 1. The van der Waals surface area contributed by atoms with Crippen LogP contribution in [0.15, 0.2) is 23.0 Å². The van der Waals surface area contributed by atoms with Crippen LogP contribution in [-0.2, 0) is 6.54 Å². The third-order valence-electron chi connectivity index (χ3n) is 2.24. The van der Waals surface area contributed by atoms with Crippen LogP contribution in [0.25, 0.3) is 0 Å². The van der Waals surface area contributed by atoms with Gasteiger partial charge in [0.25, 0.3) is 5.56 Å². The Hall–Kier alpha value is -1.69. The molecule has 5 nitrogen and oxygen atoms in total. The summed E-state index contributed by atoms with van der Waals surface area (Å²) in [5, 5.41) is 12.4. The Kier molecular flexibility index (Phi) is 3.00. The van der Waals surface area contributed by atoms with Crippen molar-refractivity contribution in [3.63, 3.8) is 0 Å². The Morgan fingerprint density at radius 3 is 2.88 bits per heavy atom. The molecule has 2 aromatic heterocycles. The normalized spacial score (nSPS) is 10.4. The summed E-state index contributed by atoms with van der Waals surface area (Å²) in [5.41, 5.74) is 0.912. The average Bonchev–Trinajstić information content (AvgIpc) is 2.71. The first-order chi connectivity index (χ1) is 7.70. The minimum absolute atomic E-state index is 0.0128. The van der Waals surface area contributed by atoms with E-state index in [1.54, 1.807) is 23.7 Å². The number of aryl methyl sites for hydroxylation is 1. The predicted molar refractivity (Wildman–Crippen MR) is 64.0 cm³/mol. The molecule has 0 saturated carbocycles. The summed E-state index contributed by atoms with van der Waals surface area (Å²) in [6.07, 6.45) is 0. The highest BCUT2D eigenvalue weighted by Gasteiger charge is 2.05. The second-order valence-electron chi connectivity index (χ2n) is 3.34. The lowest BCUT2D eigenvalue weighted by Crippen LogP contribution is -2.21. The maximum atomic E-state index is 11.6. The smallest absolute Gasteiger partial charge is 0.251 e. The standard InChI is InChI=1S/C10H12N4OS/c1-7-4-3-5-9(15)14(7)6-8-12-13-10(11-2)16-8/h3-5H,6H2,1-2H3,(H,11,13). The fourth-order valence-electron chi connectivity index (χ4n) is 1.38. The van der Waals surface area contributed by atoms with E-state index in [4.69, 9.17) is 0 Å². The van der Waals surface area contributed by atoms with Crippen LogP contribution in [0.2, 0.25) is 0 Å². The molecular weight excluding hydrogens is 224 g/mol. The monoisotopic (exact) mass is 236 g/mol. The maximum Gasteiger partial charge on any atom is 0.251 e. The van der Waals surface area contributed by atoms with Crippen LogP contribution in [0.5, 0.6) is 0 Å². The number of rotatable bonds is 3. The molecule has 0 saturated heterocycles. The van der Waals surface area contributed by atoms with Gasteiger partial charge in [0.1, 0.15) is 5.01 Å². The second kappa shape index (κ2) is 4.44. The molecule has 0 aromatic carbocycles. The number of hydrogen-bond donors (Lipinski definition) is 1. The molecule has 0 radical (unpaired) electrons. The van der Waals surface area contributed by atoms with Gasteiger partial charge < -0.3 is 9.88 Å². The van der Waals surface area contributed by atoms with Gasteiger partial charge in [-0.15, -0.1) is 10.2 Å². The summed E-state index contributed by atoms with van der Waals surface area (Å²) in [6.45, 7) is 2.38. The lowest BCUT2D eigenvalue weighted by Gasteiger charge is -2.05. The molecule has 6 heteroatoms. The van der Waals surface area contributed by atoms with Gasteiger partial charge in [-0.25, -0.2) is 0 Å². The van der Waals surface area contributed by atoms with E-state index in [9.17, 15) is 4.79 Å². The van der Waals surface area contributed by atoms with E-state index in [-0.39, 0.29) is 5.56 Å². The van der Waals surface area contributed by atoms with Crippen molar-refractivity contribution < 1.29 is 0 Å². The van der Waals surface area contributed by atoms with E-state index in [2.05, 4.69) is 15.5 Å². The number of nitrogens with one attached hydrogen (secondary N) is 1. The van der Waals surface area contributed by atoms with Crippen LogP contribution in [0.3, 0.4) is 0 Å². The quantitative estimate of drug-likeness (QED) is 0.867. The first kappa shape index (κ1) is 10.8. The summed E-state index contributed by atoms with van der Waals surface area (Å²) in [5.74, 6) is 0. The zero-order valence-corrected chi connectivity index (χ0v) is 9.91. The maximum absolute atomic E-state index is 11.6. The van der Waals surface area contributed by atoms with Crippen molar-refractivity contribution in [2.45, 2.75) is 13.5 Å². The van der Waals surface area contributed by atoms with E-state index in [1.807, 2.05) is 13.0 Å². The first-order valence-corrected chi connectivity index (χ1v) is 5.69. The molecule has 0 unspecified atom stereocenters. The van der Waals surface area contributed by atoms with E-state index in [0.29, 0.717) is 6.54 Å². The van der Waals surface area contributed by atoms with Crippen molar-refractivity contribution in [3.8, 4) is 0 Å². The van der Waals surface area contributed by atoms with Crippen LogP contribution in [0, 0.1) is 6.92 Å². The SMILES string of the molecule is CNc1nnc(Cn2c(C)cccc2=O)s1. The van der Waals surface area contributed by atoms with Crippen LogP contribution in [-0.4, -0.2) is 21.8 Å². The summed E-state index contributed by atoms with van der Waals surface area (Å²) in [6, 6.07) is 5.21. The molecule has 16 heavy (non-hydrogen) atoms. The van der Waals surface area contributed by atoms with Crippen molar-refractivity contribution >= 4 is 16.5 Å². The molecule has 0 atom stereocenters. The third-order valence-corrected chi connectivity index (χ3v) is 3.17. The van der Waals surface area contributed by atoms with Gasteiger partial charge in [-0.2, -0.15) is 0 Å². The molecule has 0 amide bonds. The molecule has 2 heterocycles. The van der Waals surface area contributed by atoms with Crippen molar-refractivity contribution in [1.29, 1.82) is 0 Å². The van der Waals surface area contributed by atoms with Crippen LogP contribution < -0.4 is 10.9 Å². The molecule has 0 aliphatic rings. The zero-order chi connectivity index (χ0) is 11.5. The molecule has 0 aliphatic carbocycles. The highest BCUT2D eigenvalue weighted by molar-refractivity contribution is 7.15. The fraction of sp³-hybridized carbons (Fsp3) is 0.300. The van der Waals surface area contributed by atoms with Crippen molar-refractivity contribution in [1.82, 2.24) is 14.8 Å². The molecular formula is C10H12N4OS. The lowest BCUT2D eigenvalue weighted by atomic mass is 10.3. The van der Waals surface area contributed by atoms with Gasteiger partial charge >= 0.3 is 0 Å². The van der Waals surface area contributed by atoms with Crippen LogP contribution in [0.1, 0.15) is 10.7 Å².